The molecule has 0 heterocycles. The Bertz CT molecular complexity index is 1460. The van der Waals surface area contributed by atoms with Crippen LogP contribution in [0, 0.1) is 5.41 Å². The average Bonchev–Trinajstić information content (AvgIpc) is 3.43. The second-order valence-electron chi connectivity index (χ2n) is 11.1. The molecule has 0 aliphatic heterocycles. The number of rotatable bonds is 6. The van der Waals surface area contributed by atoms with Crippen LogP contribution in [0.15, 0.2) is 97.1 Å². The van der Waals surface area contributed by atoms with Gasteiger partial charge in [0, 0.05) is 11.3 Å². The monoisotopic (exact) mass is 502 g/mol. The number of fused-ring (bicyclic) bond motifs is 6. The van der Waals surface area contributed by atoms with Crippen molar-refractivity contribution < 1.29 is 19.1 Å². The van der Waals surface area contributed by atoms with Crippen LogP contribution in [0.2, 0.25) is 0 Å². The Morgan fingerprint density at radius 1 is 0.684 bits per heavy atom. The van der Waals surface area contributed by atoms with Crippen molar-refractivity contribution in [2.75, 3.05) is 6.61 Å². The van der Waals surface area contributed by atoms with E-state index in [0.29, 0.717) is 6.47 Å². The zero-order valence-electron chi connectivity index (χ0n) is 21.8. The molecule has 4 aromatic carbocycles. The van der Waals surface area contributed by atoms with E-state index >= 15 is 0 Å². The highest BCUT2D eigenvalue weighted by molar-refractivity contribution is 5.90. The molecule has 0 bridgehead atoms. The van der Waals surface area contributed by atoms with Gasteiger partial charge in [-0.05, 0) is 44.5 Å². The molecule has 0 radical (unpaired) electrons. The lowest BCUT2D eigenvalue weighted by atomic mass is 9.65. The summed E-state index contributed by atoms with van der Waals surface area (Å²) in [6.45, 7) is 6.35. The summed E-state index contributed by atoms with van der Waals surface area (Å²) in [7, 11) is 0. The van der Waals surface area contributed by atoms with E-state index in [1.54, 1.807) is 0 Å². The minimum Gasteiger partial charge on any atom is -0.462 e. The van der Waals surface area contributed by atoms with Gasteiger partial charge in [0.15, 0.2) is 0 Å². The Hall–Kier alpha value is -4.18. The van der Waals surface area contributed by atoms with Gasteiger partial charge in [0.1, 0.15) is 6.61 Å². The quantitative estimate of drug-likeness (QED) is 0.208. The van der Waals surface area contributed by atoms with Crippen molar-refractivity contribution in [3.8, 4) is 22.3 Å². The minimum absolute atomic E-state index is 0.0941. The van der Waals surface area contributed by atoms with Gasteiger partial charge in [0.25, 0.3) is 6.47 Å². The van der Waals surface area contributed by atoms with Gasteiger partial charge in [-0.2, -0.15) is 0 Å². The van der Waals surface area contributed by atoms with E-state index in [1.807, 2.05) is 81.4 Å². The van der Waals surface area contributed by atoms with Crippen LogP contribution in [0.1, 0.15) is 54.9 Å². The highest BCUT2D eigenvalue weighted by Gasteiger charge is 2.61. The van der Waals surface area contributed by atoms with Crippen LogP contribution < -0.4 is 0 Å². The van der Waals surface area contributed by atoms with Crippen LogP contribution >= 0.6 is 0 Å². The van der Waals surface area contributed by atoms with E-state index in [1.165, 1.54) is 0 Å². The fraction of sp³-hybridized carbons (Fsp3) is 0.235. The molecule has 190 valence electrons. The molecular weight excluding hydrogens is 472 g/mol. The van der Waals surface area contributed by atoms with E-state index < -0.39 is 22.9 Å². The van der Waals surface area contributed by atoms with Crippen molar-refractivity contribution in [1.29, 1.82) is 0 Å². The van der Waals surface area contributed by atoms with Crippen LogP contribution in [0.5, 0.6) is 0 Å². The molecule has 1 unspecified atom stereocenters. The summed E-state index contributed by atoms with van der Waals surface area (Å²) in [5.41, 5.74) is 6.25. The molecule has 0 spiro atoms. The first-order valence-electron chi connectivity index (χ1n) is 13.0. The molecule has 0 saturated carbocycles. The summed E-state index contributed by atoms with van der Waals surface area (Å²) >= 11 is 0. The van der Waals surface area contributed by atoms with Crippen LogP contribution in [0.4, 0.5) is 0 Å². The number of esters is 1. The molecule has 6 rings (SSSR count). The van der Waals surface area contributed by atoms with E-state index in [2.05, 4.69) is 36.4 Å². The van der Waals surface area contributed by atoms with Gasteiger partial charge in [0.05, 0.1) is 5.92 Å². The zero-order valence-corrected chi connectivity index (χ0v) is 21.8. The fourth-order valence-corrected chi connectivity index (χ4v) is 6.53. The zero-order chi connectivity index (χ0) is 26.5. The number of carbonyl (C=O) groups excluding carboxylic acids is 2. The molecular formula is C34H30O4. The predicted molar refractivity (Wildman–Crippen MR) is 148 cm³/mol. The molecule has 4 nitrogen and oxygen atoms in total. The van der Waals surface area contributed by atoms with Crippen LogP contribution in [0.3, 0.4) is 0 Å². The Morgan fingerprint density at radius 2 is 1.08 bits per heavy atom. The van der Waals surface area contributed by atoms with Crippen LogP contribution in [0.25, 0.3) is 22.3 Å². The van der Waals surface area contributed by atoms with Crippen LogP contribution in [-0.2, 0) is 19.1 Å². The molecule has 1 atom stereocenters. The molecule has 0 fully saturated rings. The van der Waals surface area contributed by atoms with Crippen LogP contribution in [-0.4, -0.2) is 24.6 Å². The number of ether oxygens (including phenoxy) is 2. The maximum atomic E-state index is 14.4. The van der Waals surface area contributed by atoms with E-state index in [4.69, 9.17) is 9.47 Å². The molecule has 2 aliphatic carbocycles. The average molecular weight is 503 g/mol. The lowest BCUT2D eigenvalue weighted by Crippen LogP contribution is -2.57. The standard InChI is InChI=1S/C34H30O4/c1-33(2,3)34(38-21-35,31-28-18-10-8-14-24(28)25-15-9-11-19-29(25)31)32(36)37-20-30-26-16-6-4-12-22(26)23-13-5-7-17-27(23)30/h4-19,21,30-31H,20H2,1-3H3. The molecule has 0 aromatic heterocycles. The Labute approximate surface area is 223 Å². The van der Waals surface area contributed by atoms with Crippen molar-refractivity contribution in [3.63, 3.8) is 0 Å². The van der Waals surface area contributed by atoms with Gasteiger partial charge in [-0.15, -0.1) is 0 Å². The first-order chi connectivity index (χ1) is 18.4. The third-order valence-corrected chi connectivity index (χ3v) is 8.24. The lowest BCUT2D eigenvalue weighted by Gasteiger charge is -2.45. The summed E-state index contributed by atoms with van der Waals surface area (Å²) in [6, 6.07) is 32.5. The van der Waals surface area contributed by atoms with Crippen molar-refractivity contribution in [2.24, 2.45) is 5.41 Å². The topological polar surface area (TPSA) is 52.6 Å². The summed E-state index contributed by atoms with van der Waals surface area (Å²) in [5.74, 6) is -1.13. The van der Waals surface area contributed by atoms with Gasteiger partial charge in [0.2, 0.25) is 5.60 Å². The fourth-order valence-electron chi connectivity index (χ4n) is 6.53. The maximum absolute atomic E-state index is 14.4. The highest BCUT2D eigenvalue weighted by atomic mass is 16.6. The van der Waals surface area contributed by atoms with Crippen molar-refractivity contribution in [3.05, 3.63) is 119 Å². The molecule has 4 aromatic rings. The third kappa shape index (κ3) is 3.43. The van der Waals surface area contributed by atoms with Gasteiger partial charge < -0.3 is 9.47 Å². The number of hydrogen-bond acceptors (Lipinski definition) is 4. The van der Waals surface area contributed by atoms with Crippen molar-refractivity contribution >= 4 is 12.4 Å². The normalized spacial score (nSPS) is 15.6. The second-order valence-corrected chi connectivity index (χ2v) is 11.1. The molecule has 4 heteroatoms. The third-order valence-electron chi connectivity index (χ3n) is 8.24. The summed E-state index contributed by atoms with van der Waals surface area (Å²) < 4.78 is 12.2. The first kappa shape index (κ1) is 24.2. The van der Waals surface area contributed by atoms with Crippen molar-refractivity contribution in [1.82, 2.24) is 0 Å². The smallest absolute Gasteiger partial charge is 0.352 e. The van der Waals surface area contributed by atoms with E-state index in [-0.39, 0.29) is 12.5 Å². The maximum Gasteiger partial charge on any atom is 0.352 e. The minimum atomic E-state index is -1.57. The SMILES string of the molecule is CC(C)(C)C(OC=O)(C(=O)OCC1c2ccccc2-c2ccccc21)C1c2ccccc2-c2ccccc21. The first-order valence-corrected chi connectivity index (χ1v) is 13.0. The van der Waals surface area contributed by atoms with E-state index in [9.17, 15) is 9.59 Å². The Balaban J connectivity index is 1.43. The van der Waals surface area contributed by atoms with Crippen molar-refractivity contribution in [2.45, 2.75) is 38.2 Å². The number of carbonyl (C=O) groups is 2. The van der Waals surface area contributed by atoms with E-state index in [0.717, 1.165) is 44.5 Å². The Morgan fingerprint density at radius 3 is 1.50 bits per heavy atom. The lowest BCUT2D eigenvalue weighted by molar-refractivity contribution is -0.192. The molecule has 0 saturated heterocycles. The number of benzene rings is 4. The summed E-state index contributed by atoms with van der Waals surface area (Å²) in [4.78, 5) is 26.5. The molecule has 2 aliphatic rings. The highest BCUT2D eigenvalue weighted by Crippen LogP contribution is 2.56. The molecule has 0 amide bonds. The number of hydrogen-bond donors (Lipinski definition) is 0. The molecule has 38 heavy (non-hydrogen) atoms. The summed E-state index contributed by atoms with van der Waals surface area (Å²) in [6.07, 6.45) is 0. The van der Waals surface area contributed by atoms with Gasteiger partial charge >= 0.3 is 5.97 Å². The van der Waals surface area contributed by atoms with Gasteiger partial charge in [-0.1, -0.05) is 118 Å². The Kier molecular flexibility index (Phi) is 5.71. The largest absolute Gasteiger partial charge is 0.462 e. The summed E-state index contributed by atoms with van der Waals surface area (Å²) in [5, 5.41) is 0. The van der Waals surface area contributed by atoms with Gasteiger partial charge in [-0.25, -0.2) is 4.79 Å². The predicted octanol–water partition coefficient (Wildman–Crippen LogP) is 7.11. The second kappa shape index (κ2) is 8.98. The van der Waals surface area contributed by atoms with Gasteiger partial charge in [-0.3, -0.25) is 4.79 Å². The molecule has 0 N–H and O–H groups in total.